The third-order valence-corrected chi connectivity index (χ3v) is 5.16. The first-order valence-electron chi connectivity index (χ1n) is 6.27. The maximum absolute atomic E-state index is 12.0. The van der Waals surface area contributed by atoms with Gasteiger partial charge >= 0.3 is 6.03 Å². The second-order valence-electron chi connectivity index (χ2n) is 4.90. The second kappa shape index (κ2) is 5.68. The normalized spacial score (nSPS) is 20.0. The van der Waals surface area contributed by atoms with Crippen LogP contribution < -0.4 is 5.32 Å². The second-order valence-corrected chi connectivity index (χ2v) is 7.13. The number of amides is 2. The van der Waals surface area contributed by atoms with Crippen LogP contribution in [0.25, 0.3) is 0 Å². The van der Waals surface area contributed by atoms with Gasteiger partial charge in [-0.05, 0) is 18.6 Å². The fraction of sp³-hybridized carbons (Fsp3) is 0.417. The fourth-order valence-electron chi connectivity index (χ4n) is 2.12. The molecule has 1 aliphatic rings. The average Bonchev–Trinajstić information content (AvgIpc) is 2.78. The summed E-state index contributed by atoms with van der Waals surface area (Å²) >= 11 is 0. The van der Waals surface area contributed by atoms with Crippen molar-refractivity contribution >= 4 is 27.2 Å². The molecule has 1 unspecified atom stereocenters. The number of benzene rings is 1. The van der Waals surface area contributed by atoms with Gasteiger partial charge in [-0.3, -0.25) is 10.1 Å². The Labute approximate surface area is 121 Å². The van der Waals surface area contributed by atoms with E-state index in [2.05, 4.69) is 5.32 Å². The lowest BCUT2D eigenvalue weighted by Crippen LogP contribution is -2.40. The van der Waals surface area contributed by atoms with Crippen LogP contribution in [0.1, 0.15) is 6.42 Å². The molecule has 1 aromatic carbocycles. The van der Waals surface area contributed by atoms with Crippen LogP contribution in [0.2, 0.25) is 0 Å². The van der Waals surface area contributed by atoms with E-state index in [9.17, 15) is 23.3 Å². The van der Waals surface area contributed by atoms with E-state index in [1.807, 2.05) is 0 Å². The summed E-state index contributed by atoms with van der Waals surface area (Å²) in [6.45, 7) is 0. The number of carbonyl (C=O) groups is 1. The zero-order chi connectivity index (χ0) is 15.6. The standard InChI is InChI=1S/C12H15N3O5S/c1-14(11-6-7-21(19,20)8-11)12(16)13-9-2-4-10(5-3-9)15(17)18/h2-5,11H,6-8H2,1H3,(H,13,16). The number of sulfone groups is 1. The van der Waals surface area contributed by atoms with Gasteiger partial charge in [0.25, 0.3) is 5.69 Å². The maximum Gasteiger partial charge on any atom is 0.321 e. The first kappa shape index (κ1) is 15.2. The third kappa shape index (κ3) is 3.69. The van der Waals surface area contributed by atoms with Gasteiger partial charge in [-0.2, -0.15) is 0 Å². The minimum absolute atomic E-state index is 0.0306. The molecule has 1 aromatic rings. The molecule has 1 heterocycles. The van der Waals surface area contributed by atoms with E-state index in [0.717, 1.165) is 0 Å². The van der Waals surface area contributed by atoms with Crippen LogP contribution in [0.15, 0.2) is 24.3 Å². The Kier molecular flexibility index (Phi) is 4.12. The molecule has 21 heavy (non-hydrogen) atoms. The molecule has 0 spiro atoms. The van der Waals surface area contributed by atoms with Gasteiger partial charge in [0.15, 0.2) is 9.84 Å². The third-order valence-electron chi connectivity index (χ3n) is 3.41. The summed E-state index contributed by atoms with van der Waals surface area (Å²) in [4.78, 5) is 23.4. The highest BCUT2D eigenvalue weighted by atomic mass is 32.2. The molecule has 2 amide bonds. The Morgan fingerprint density at radius 1 is 1.38 bits per heavy atom. The SMILES string of the molecule is CN(C(=O)Nc1ccc([N+](=O)[O-])cc1)C1CCS(=O)(=O)C1. The number of nitrogens with one attached hydrogen (secondary N) is 1. The Balaban J connectivity index is 1.99. The van der Waals surface area contributed by atoms with E-state index in [-0.39, 0.29) is 23.2 Å². The number of hydrogen-bond donors (Lipinski definition) is 1. The monoisotopic (exact) mass is 313 g/mol. The van der Waals surface area contributed by atoms with Crippen molar-refractivity contribution in [3.8, 4) is 0 Å². The van der Waals surface area contributed by atoms with Gasteiger partial charge in [0.2, 0.25) is 0 Å². The number of non-ortho nitro benzene ring substituents is 1. The highest BCUT2D eigenvalue weighted by molar-refractivity contribution is 7.91. The van der Waals surface area contributed by atoms with Gasteiger partial charge in [0, 0.05) is 30.9 Å². The quantitative estimate of drug-likeness (QED) is 0.667. The number of nitrogens with zero attached hydrogens (tertiary/aromatic N) is 2. The minimum Gasteiger partial charge on any atom is -0.324 e. The van der Waals surface area contributed by atoms with Crippen molar-refractivity contribution < 1.29 is 18.1 Å². The Morgan fingerprint density at radius 2 is 2.00 bits per heavy atom. The van der Waals surface area contributed by atoms with Gasteiger partial charge in [-0.25, -0.2) is 13.2 Å². The molecule has 9 heteroatoms. The number of hydrogen-bond acceptors (Lipinski definition) is 5. The Hall–Kier alpha value is -2.16. The van der Waals surface area contributed by atoms with Crippen LogP contribution in [-0.4, -0.2) is 48.9 Å². The van der Waals surface area contributed by atoms with Crippen molar-refractivity contribution in [3.63, 3.8) is 0 Å². The van der Waals surface area contributed by atoms with E-state index < -0.39 is 20.8 Å². The lowest BCUT2D eigenvalue weighted by molar-refractivity contribution is -0.384. The molecule has 8 nitrogen and oxygen atoms in total. The Bertz CT molecular complexity index is 656. The first-order chi connectivity index (χ1) is 9.78. The predicted molar refractivity (Wildman–Crippen MR) is 76.9 cm³/mol. The fourth-order valence-corrected chi connectivity index (χ4v) is 3.90. The first-order valence-corrected chi connectivity index (χ1v) is 8.09. The van der Waals surface area contributed by atoms with Crippen molar-refractivity contribution in [2.45, 2.75) is 12.5 Å². The molecule has 1 fully saturated rings. The minimum atomic E-state index is -3.06. The van der Waals surface area contributed by atoms with Crippen LogP contribution in [-0.2, 0) is 9.84 Å². The summed E-state index contributed by atoms with van der Waals surface area (Å²) in [5, 5.41) is 13.1. The number of carbonyl (C=O) groups excluding carboxylic acids is 1. The lowest BCUT2D eigenvalue weighted by atomic mass is 10.2. The van der Waals surface area contributed by atoms with Gasteiger partial charge in [-0.15, -0.1) is 0 Å². The molecular formula is C12H15N3O5S. The summed E-state index contributed by atoms with van der Waals surface area (Å²) in [6, 6.07) is 4.65. The van der Waals surface area contributed by atoms with Gasteiger partial charge in [0.05, 0.1) is 16.4 Å². The highest BCUT2D eigenvalue weighted by Crippen LogP contribution is 2.19. The number of nitro groups is 1. The molecule has 0 radical (unpaired) electrons. The van der Waals surface area contributed by atoms with Crippen LogP contribution >= 0.6 is 0 Å². The zero-order valence-electron chi connectivity index (χ0n) is 11.4. The average molecular weight is 313 g/mol. The van der Waals surface area contributed by atoms with Crippen molar-refractivity contribution in [3.05, 3.63) is 34.4 Å². The molecule has 114 valence electrons. The van der Waals surface area contributed by atoms with Crippen molar-refractivity contribution in [2.24, 2.45) is 0 Å². The topological polar surface area (TPSA) is 110 Å². The van der Waals surface area contributed by atoms with Crippen LogP contribution in [0.4, 0.5) is 16.2 Å². The van der Waals surface area contributed by atoms with Crippen LogP contribution in [0.5, 0.6) is 0 Å². The molecular weight excluding hydrogens is 298 g/mol. The summed E-state index contributed by atoms with van der Waals surface area (Å²) < 4.78 is 22.8. The van der Waals surface area contributed by atoms with E-state index in [1.54, 1.807) is 0 Å². The summed E-state index contributed by atoms with van der Waals surface area (Å²) in [7, 11) is -1.52. The summed E-state index contributed by atoms with van der Waals surface area (Å²) in [6.07, 6.45) is 0.423. The van der Waals surface area contributed by atoms with Gasteiger partial charge in [-0.1, -0.05) is 0 Å². The van der Waals surface area contributed by atoms with Crippen LogP contribution in [0.3, 0.4) is 0 Å². The molecule has 1 N–H and O–H groups in total. The number of rotatable bonds is 3. The molecule has 0 aromatic heterocycles. The van der Waals surface area contributed by atoms with Gasteiger partial charge in [0.1, 0.15) is 0 Å². The zero-order valence-corrected chi connectivity index (χ0v) is 12.2. The molecule has 2 rings (SSSR count). The number of anilines is 1. The number of nitro benzene ring substituents is 1. The Morgan fingerprint density at radius 3 is 2.48 bits per heavy atom. The summed E-state index contributed by atoms with van der Waals surface area (Å²) in [5.74, 6) is 0.0595. The van der Waals surface area contributed by atoms with Gasteiger partial charge < -0.3 is 10.2 Å². The molecule has 1 saturated heterocycles. The van der Waals surface area contributed by atoms with E-state index in [0.29, 0.717) is 12.1 Å². The van der Waals surface area contributed by atoms with E-state index >= 15 is 0 Å². The largest absolute Gasteiger partial charge is 0.324 e. The number of urea groups is 1. The smallest absolute Gasteiger partial charge is 0.321 e. The maximum atomic E-state index is 12.0. The molecule has 0 saturated carbocycles. The van der Waals surface area contributed by atoms with Crippen LogP contribution in [0, 0.1) is 10.1 Å². The van der Waals surface area contributed by atoms with E-state index in [1.165, 1.54) is 36.2 Å². The predicted octanol–water partition coefficient (Wildman–Crippen LogP) is 1.25. The molecule has 0 aliphatic carbocycles. The van der Waals surface area contributed by atoms with E-state index in [4.69, 9.17) is 0 Å². The van der Waals surface area contributed by atoms with Crippen molar-refractivity contribution in [2.75, 3.05) is 23.9 Å². The van der Waals surface area contributed by atoms with Crippen molar-refractivity contribution in [1.82, 2.24) is 4.90 Å². The molecule has 0 bridgehead atoms. The van der Waals surface area contributed by atoms with Crippen molar-refractivity contribution in [1.29, 1.82) is 0 Å². The summed E-state index contributed by atoms with van der Waals surface area (Å²) in [5.41, 5.74) is 0.349. The lowest BCUT2D eigenvalue weighted by Gasteiger charge is -2.23. The molecule has 1 atom stereocenters. The molecule has 1 aliphatic heterocycles. The highest BCUT2D eigenvalue weighted by Gasteiger charge is 2.32.